The molecule has 1 atom stereocenters. The van der Waals surface area contributed by atoms with E-state index in [2.05, 4.69) is 63.9 Å². The highest BCUT2D eigenvalue weighted by Crippen LogP contribution is 2.27. The van der Waals surface area contributed by atoms with Gasteiger partial charge in [0, 0.05) is 23.6 Å². The second-order valence-corrected chi connectivity index (χ2v) is 7.68. The van der Waals surface area contributed by atoms with Gasteiger partial charge in [-0.05, 0) is 26.9 Å². The zero-order valence-corrected chi connectivity index (χ0v) is 15.3. The number of halogens is 1. The van der Waals surface area contributed by atoms with Crippen molar-refractivity contribution in [3.8, 4) is 0 Å². The molecule has 0 aliphatic heterocycles. The molecule has 0 amide bonds. The minimum atomic E-state index is -0.122. The van der Waals surface area contributed by atoms with Crippen LogP contribution < -0.4 is 5.32 Å². The van der Waals surface area contributed by atoms with E-state index in [0.717, 1.165) is 23.8 Å². The van der Waals surface area contributed by atoms with E-state index in [1.807, 2.05) is 6.92 Å². The molecule has 4 nitrogen and oxygen atoms in total. The second kappa shape index (κ2) is 6.93. The van der Waals surface area contributed by atoms with Crippen molar-refractivity contribution < 1.29 is 0 Å². The number of rotatable bonds is 5. The van der Waals surface area contributed by atoms with E-state index in [1.54, 1.807) is 0 Å². The largest absolute Gasteiger partial charge is 0.365 e. The van der Waals surface area contributed by atoms with E-state index >= 15 is 0 Å². The molecule has 1 heterocycles. The topological polar surface area (TPSA) is 41.1 Å². The number of hydrogen-bond donors (Lipinski definition) is 1. The van der Waals surface area contributed by atoms with Crippen LogP contribution in [0.3, 0.4) is 0 Å². The van der Waals surface area contributed by atoms with Gasteiger partial charge < -0.3 is 10.2 Å². The number of nitrogens with one attached hydrogen (secondary N) is 1. The highest BCUT2D eigenvalue weighted by atomic mass is 35.5. The summed E-state index contributed by atoms with van der Waals surface area (Å²) in [5.41, 5.74) is 0.789. The minimum Gasteiger partial charge on any atom is -0.365 e. The maximum Gasteiger partial charge on any atom is 0.137 e. The Labute approximate surface area is 134 Å². The lowest BCUT2D eigenvalue weighted by atomic mass is 9.95. The van der Waals surface area contributed by atoms with E-state index in [1.165, 1.54) is 0 Å². The van der Waals surface area contributed by atoms with Crippen molar-refractivity contribution >= 4 is 17.4 Å². The molecule has 1 rings (SSSR count). The molecule has 0 fully saturated rings. The van der Waals surface area contributed by atoms with Crippen LogP contribution >= 0.6 is 11.6 Å². The lowest BCUT2D eigenvalue weighted by molar-refractivity contribution is 0.344. The molecule has 21 heavy (non-hydrogen) atoms. The second-order valence-electron chi connectivity index (χ2n) is 7.32. The third kappa shape index (κ3) is 5.11. The Bertz CT molecular complexity index is 478. The molecule has 1 aromatic rings. The molecule has 0 saturated heterocycles. The van der Waals surface area contributed by atoms with Crippen molar-refractivity contribution in [2.24, 2.45) is 5.92 Å². The molecule has 5 heteroatoms. The monoisotopic (exact) mass is 312 g/mol. The van der Waals surface area contributed by atoms with Crippen molar-refractivity contribution in [3.63, 3.8) is 0 Å². The summed E-state index contributed by atoms with van der Waals surface area (Å²) in [6.07, 6.45) is 0. The Morgan fingerprint density at radius 2 is 1.76 bits per heavy atom. The van der Waals surface area contributed by atoms with E-state index in [-0.39, 0.29) is 5.41 Å². The molecular formula is C16H29ClN4. The Balaban J connectivity index is 3.13. The van der Waals surface area contributed by atoms with Gasteiger partial charge in [0.2, 0.25) is 0 Å². The fraction of sp³-hybridized carbons (Fsp3) is 0.750. The first kappa shape index (κ1) is 18.2. The van der Waals surface area contributed by atoms with Crippen molar-refractivity contribution in [2.45, 2.75) is 53.0 Å². The lowest BCUT2D eigenvalue weighted by Gasteiger charge is -2.28. The first-order valence-corrected chi connectivity index (χ1v) is 7.86. The zero-order chi connectivity index (χ0) is 16.4. The van der Waals surface area contributed by atoms with E-state index in [0.29, 0.717) is 17.1 Å². The van der Waals surface area contributed by atoms with Gasteiger partial charge in [-0.3, -0.25) is 0 Å². The standard InChI is InChI=1S/C16H29ClN4/c1-10(2)12(9-21(7)8)18-14-11(3)13(17)19-15(20-14)16(4,5)6/h10,12H,9H2,1-8H3,(H,18,19,20). The molecule has 0 spiro atoms. The Morgan fingerprint density at radius 3 is 2.19 bits per heavy atom. The molecule has 0 aromatic carbocycles. The van der Waals surface area contributed by atoms with Crippen LogP contribution in [0.15, 0.2) is 0 Å². The molecule has 1 N–H and O–H groups in total. The average molecular weight is 313 g/mol. The third-order valence-electron chi connectivity index (χ3n) is 3.45. The third-order valence-corrected chi connectivity index (χ3v) is 3.81. The number of hydrogen-bond acceptors (Lipinski definition) is 4. The molecule has 0 bridgehead atoms. The summed E-state index contributed by atoms with van der Waals surface area (Å²) < 4.78 is 0. The van der Waals surface area contributed by atoms with E-state index in [9.17, 15) is 0 Å². The average Bonchev–Trinajstić information content (AvgIpc) is 2.31. The van der Waals surface area contributed by atoms with Gasteiger partial charge in [0.1, 0.15) is 16.8 Å². The summed E-state index contributed by atoms with van der Waals surface area (Å²) in [4.78, 5) is 11.3. The molecule has 0 aliphatic carbocycles. The summed E-state index contributed by atoms with van der Waals surface area (Å²) in [5, 5.41) is 4.09. The maximum absolute atomic E-state index is 6.29. The first-order chi connectivity index (χ1) is 9.52. The van der Waals surface area contributed by atoms with Crippen LogP contribution in [0.1, 0.15) is 46.0 Å². The summed E-state index contributed by atoms with van der Waals surface area (Å²) in [7, 11) is 4.16. The van der Waals surface area contributed by atoms with Crippen LogP contribution in [0.4, 0.5) is 5.82 Å². The fourth-order valence-electron chi connectivity index (χ4n) is 1.96. The minimum absolute atomic E-state index is 0.122. The molecular weight excluding hydrogens is 284 g/mol. The van der Waals surface area contributed by atoms with Crippen molar-refractivity contribution in [3.05, 3.63) is 16.5 Å². The summed E-state index contributed by atoms with van der Waals surface area (Å²) >= 11 is 6.29. The number of anilines is 1. The van der Waals surface area contributed by atoms with Gasteiger partial charge in [-0.2, -0.15) is 0 Å². The molecule has 0 aliphatic rings. The van der Waals surface area contributed by atoms with Gasteiger partial charge in [-0.25, -0.2) is 9.97 Å². The summed E-state index contributed by atoms with van der Waals surface area (Å²) in [6.45, 7) is 13.6. The van der Waals surface area contributed by atoms with Crippen LogP contribution in [-0.4, -0.2) is 41.5 Å². The Morgan fingerprint density at radius 1 is 1.19 bits per heavy atom. The number of nitrogens with zero attached hydrogens (tertiary/aromatic N) is 3. The number of likely N-dealkylation sites (N-methyl/N-ethyl adjacent to an activating group) is 1. The summed E-state index contributed by atoms with van der Waals surface area (Å²) in [6, 6.07) is 0.317. The highest BCUT2D eigenvalue weighted by Gasteiger charge is 2.22. The van der Waals surface area contributed by atoms with Crippen LogP contribution in [0, 0.1) is 12.8 Å². The molecule has 0 radical (unpaired) electrons. The quantitative estimate of drug-likeness (QED) is 0.841. The van der Waals surface area contributed by atoms with Crippen LogP contribution in [0.5, 0.6) is 0 Å². The Hall–Kier alpha value is -0.870. The maximum atomic E-state index is 6.29. The van der Waals surface area contributed by atoms with Gasteiger partial charge in [-0.1, -0.05) is 46.2 Å². The number of aromatic nitrogens is 2. The SMILES string of the molecule is Cc1c(Cl)nc(C(C)(C)C)nc1NC(CN(C)C)C(C)C. The van der Waals surface area contributed by atoms with Crippen LogP contribution in [0.2, 0.25) is 5.15 Å². The smallest absolute Gasteiger partial charge is 0.137 e. The van der Waals surface area contributed by atoms with Crippen LogP contribution in [-0.2, 0) is 5.41 Å². The van der Waals surface area contributed by atoms with Gasteiger partial charge in [-0.15, -0.1) is 0 Å². The van der Waals surface area contributed by atoms with Crippen LogP contribution in [0.25, 0.3) is 0 Å². The first-order valence-electron chi connectivity index (χ1n) is 7.48. The van der Waals surface area contributed by atoms with E-state index < -0.39 is 0 Å². The lowest BCUT2D eigenvalue weighted by Crippen LogP contribution is -2.37. The predicted octanol–water partition coefficient (Wildman–Crippen LogP) is 3.73. The van der Waals surface area contributed by atoms with Gasteiger partial charge >= 0.3 is 0 Å². The van der Waals surface area contributed by atoms with Gasteiger partial charge in [0.05, 0.1) is 0 Å². The van der Waals surface area contributed by atoms with Crippen molar-refractivity contribution in [1.29, 1.82) is 0 Å². The fourth-order valence-corrected chi connectivity index (χ4v) is 2.13. The zero-order valence-electron chi connectivity index (χ0n) is 14.6. The predicted molar refractivity (Wildman–Crippen MR) is 91.3 cm³/mol. The molecule has 1 aromatic heterocycles. The van der Waals surface area contributed by atoms with Crippen molar-refractivity contribution in [2.75, 3.05) is 26.0 Å². The highest BCUT2D eigenvalue weighted by molar-refractivity contribution is 6.30. The normalized spacial score (nSPS) is 13.9. The van der Waals surface area contributed by atoms with Crippen molar-refractivity contribution in [1.82, 2.24) is 14.9 Å². The van der Waals surface area contributed by atoms with Gasteiger partial charge in [0.25, 0.3) is 0 Å². The molecule has 0 saturated carbocycles. The van der Waals surface area contributed by atoms with Gasteiger partial charge in [0.15, 0.2) is 0 Å². The Kier molecular flexibility index (Phi) is 6.00. The molecule has 120 valence electrons. The van der Waals surface area contributed by atoms with E-state index in [4.69, 9.17) is 16.6 Å². The summed E-state index contributed by atoms with van der Waals surface area (Å²) in [5.74, 6) is 2.12. The molecule has 1 unspecified atom stereocenters.